The molecule has 1 heterocycles. The van der Waals surface area contributed by atoms with Crippen LogP contribution in [0.25, 0.3) is 0 Å². The fourth-order valence-corrected chi connectivity index (χ4v) is 3.38. The third kappa shape index (κ3) is 8.56. The van der Waals surface area contributed by atoms with Gasteiger partial charge in [0.2, 0.25) is 11.8 Å². The van der Waals surface area contributed by atoms with Crippen LogP contribution in [0.4, 0.5) is 9.18 Å². The number of benzene rings is 1. The monoisotopic (exact) mass is 484 g/mol. The Morgan fingerprint density at radius 3 is 2.39 bits per heavy atom. The molecule has 0 saturated heterocycles. The van der Waals surface area contributed by atoms with Gasteiger partial charge in [-0.2, -0.15) is 0 Å². The summed E-state index contributed by atoms with van der Waals surface area (Å²) in [6.07, 6.45) is 2.56. The molecule has 0 fully saturated rings. The van der Waals surface area contributed by atoms with Crippen LogP contribution in [-0.4, -0.2) is 66.4 Å². The lowest BCUT2D eigenvalue weighted by Gasteiger charge is -2.14. The second-order valence-electron chi connectivity index (χ2n) is 6.58. The molecule has 13 nitrogen and oxygen atoms in total. The molecule has 0 saturated carbocycles. The minimum atomic E-state index is -4.26. The Morgan fingerprint density at radius 1 is 1.09 bits per heavy atom. The molecule has 2 aromatic rings. The topological polar surface area (TPSA) is 199 Å². The number of carboxylic acid groups (broad SMARTS) is 1. The maximum absolute atomic E-state index is 12.9. The van der Waals surface area contributed by atoms with Crippen molar-refractivity contribution in [3.63, 3.8) is 0 Å². The van der Waals surface area contributed by atoms with E-state index in [-0.39, 0.29) is 24.3 Å². The van der Waals surface area contributed by atoms with Gasteiger partial charge in [-0.15, -0.1) is 0 Å². The van der Waals surface area contributed by atoms with Crippen molar-refractivity contribution in [3.05, 3.63) is 48.3 Å². The molecule has 0 spiro atoms. The van der Waals surface area contributed by atoms with Gasteiger partial charge in [0.05, 0.1) is 17.8 Å². The third-order valence-corrected chi connectivity index (χ3v) is 5.39. The number of nitrogens with zero attached hydrogens (tertiary/aromatic N) is 1. The SMILES string of the molecule is O=C(CNC(=O)NS(=O)(=O)c1ccc(F)cc1)NCCC(=O)N[C@@H](Cc1cnc[nH]1)C(=O)O. The number of carbonyl (C=O) groups is 4. The maximum atomic E-state index is 12.9. The molecule has 178 valence electrons. The normalized spacial score (nSPS) is 11.8. The van der Waals surface area contributed by atoms with Crippen LogP contribution in [0.2, 0.25) is 0 Å². The first-order valence-corrected chi connectivity index (χ1v) is 10.9. The van der Waals surface area contributed by atoms with E-state index in [0.717, 1.165) is 24.3 Å². The Kier molecular flexibility index (Phi) is 8.85. The van der Waals surface area contributed by atoms with Crippen LogP contribution >= 0.6 is 0 Å². The number of rotatable bonds is 11. The number of aromatic amines is 1. The van der Waals surface area contributed by atoms with Gasteiger partial charge in [-0.1, -0.05) is 0 Å². The number of H-pyrrole nitrogens is 1. The fourth-order valence-electron chi connectivity index (χ4n) is 2.45. The number of urea groups is 1. The van der Waals surface area contributed by atoms with Crippen molar-refractivity contribution in [2.45, 2.75) is 23.8 Å². The number of halogens is 1. The molecule has 0 bridgehead atoms. The van der Waals surface area contributed by atoms with Crippen molar-refractivity contribution in [2.24, 2.45) is 0 Å². The van der Waals surface area contributed by atoms with E-state index in [1.54, 1.807) is 4.72 Å². The first-order valence-electron chi connectivity index (χ1n) is 9.39. The van der Waals surface area contributed by atoms with Crippen molar-refractivity contribution in [2.75, 3.05) is 13.1 Å². The highest BCUT2D eigenvalue weighted by Gasteiger charge is 2.21. The molecule has 2 rings (SSSR count). The van der Waals surface area contributed by atoms with E-state index < -0.39 is 52.2 Å². The van der Waals surface area contributed by atoms with Gasteiger partial charge in [0.15, 0.2) is 0 Å². The number of hydrogen-bond donors (Lipinski definition) is 6. The highest BCUT2D eigenvalue weighted by atomic mass is 32.2. The van der Waals surface area contributed by atoms with Crippen molar-refractivity contribution >= 4 is 33.8 Å². The zero-order valence-corrected chi connectivity index (χ0v) is 17.8. The molecule has 33 heavy (non-hydrogen) atoms. The lowest BCUT2D eigenvalue weighted by Crippen LogP contribution is -2.45. The Morgan fingerprint density at radius 2 is 1.79 bits per heavy atom. The number of amides is 4. The van der Waals surface area contributed by atoms with E-state index in [4.69, 9.17) is 0 Å². The highest BCUT2D eigenvalue weighted by Crippen LogP contribution is 2.09. The number of sulfonamides is 1. The molecular formula is C18H21FN6O7S. The lowest BCUT2D eigenvalue weighted by molar-refractivity contribution is -0.141. The second kappa shape index (κ2) is 11.6. The van der Waals surface area contributed by atoms with E-state index in [9.17, 15) is 37.1 Å². The van der Waals surface area contributed by atoms with Gasteiger partial charge in [0.25, 0.3) is 10.0 Å². The van der Waals surface area contributed by atoms with E-state index in [1.807, 2.05) is 5.32 Å². The molecule has 4 amide bonds. The standard InChI is InChI=1S/C18H21FN6O7S/c19-11-1-3-13(4-2-11)33(31,32)25-18(30)22-9-16(27)21-6-5-15(26)24-14(17(28)29)7-12-8-20-10-23-12/h1-4,8,10,14H,5-7,9H2,(H,20,23)(H,21,27)(H,24,26)(H,28,29)(H2,22,25,30)/t14-/m0/s1. The van der Waals surface area contributed by atoms with Crippen LogP contribution in [0.15, 0.2) is 41.7 Å². The molecule has 0 aliphatic carbocycles. The summed E-state index contributed by atoms with van der Waals surface area (Å²) in [4.78, 5) is 52.8. The predicted octanol–water partition coefficient (Wildman–Crippen LogP) is -1.14. The minimum absolute atomic E-state index is 0.00665. The van der Waals surface area contributed by atoms with Gasteiger partial charge in [-0.25, -0.2) is 32.1 Å². The molecule has 1 aromatic carbocycles. The average Bonchev–Trinajstić information content (AvgIpc) is 3.25. The number of carboxylic acids is 1. The van der Waals surface area contributed by atoms with Crippen LogP contribution < -0.4 is 20.7 Å². The zero-order valence-electron chi connectivity index (χ0n) is 17.0. The summed E-state index contributed by atoms with van der Waals surface area (Å²) in [5, 5.41) is 15.9. The Hall–Kier alpha value is -4.01. The van der Waals surface area contributed by atoms with Gasteiger partial charge in [-0.3, -0.25) is 9.59 Å². The number of aromatic nitrogens is 2. The molecular weight excluding hydrogens is 463 g/mol. The zero-order chi connectivity index (χ0) is 24.4. The summed E-state index contributed by atoms with van der Waals surface area (Å²) in [7, 11) is -4.26. The van der Waals surface area contributed by atoms with Crippen LogP contribution in [0, 0.1) is 5.82 Å². The van der Waals surface area contributed by atoms with Gasteiger partial charge in [0, 0.05) is 31.3 Å². The number of imidazole rings is 1. The molecule has 0 aliphatic heterocycles. The third-order valence-electron chi connectivity index (χ3n) is 4.05. The molecule has 6 N–H and O–H groups in total. The van der Waals surface area contributed by atoms with Crippen molar-refractivity contribution in [1.82, 2.24) is 30.6 Å². The average molecular weight is 484 g/mol. The fraction of sp³-hybridized carbons (Fsp3) is 0.278. The van der Waals surface area contributed by atoms with Crippen molar-refractivity contribution in [1.29, 1.82) is 0 Å². The van der Waals surface area contributed by atoms with E-state index in [0.29, 0.717) is 5.69 Å². The lowest BCUT2D eigenvalue weighted by atomic mass is 10.1. The second-order valence-corrected chi connectivity index (χ2v) is 8.26. The minimum Gasteiger partial charge on any atom is -0.480 e. The summed E-state index contributed by atoms with van der Waals surface area (Å²) in [6.45, 7) is -0.748. The summed E-state index contributed by atoms with van der Waals surface area (Å²) in [5.41, 5.74) is 0.516. The Bertz CT molecular complexity index is 1090. The number of hydrogen-bond acceptors (Lipinski definition) is 7. The van der Waals surface area contributed by atoms with Gasteiger partial charge >= 0.3 is 12.0 Å². The van der Waals surface area contributed by atoms with Gasteiger partial charge in [-0.05, 0) is 24.3 Å². The van der Waals surface area contributed by atoms with Crippen LogP contribution in [-0.2, 0) is 30.8 Å². The smallest absolute Gasteiger partial charge is 0.329 e. The van der Waals surface area contributed by atoms with Gasteiger partial charge in [0.1, 0.15) is 11.9 Å². The summed E-state index contributed by atoms with van der Waals surface area (Å²) in [5.74, 6) is -3.24. The number of aliphatic carboxylic acids is 1. The van der Waals surface area contributed by atoms with Crippen LogP contribution in [0.3, 0.4) is 0 Å². The van der Waals surface area contributed by atoms with Crippen molar-refractivity contribution in [3.8, 4) is 0 Å². The molecule has 15 heteroatoms. The van der Waals surface area contributed by atoms with E-state index in [2.05, 4.69) is 20.6 Å². The van der Waals surface area contributed by atoms with E-state index in [1.165, 1.54) is 12.5 Å². The summed E-state index contributed by atoms with van der Waals surface area (Å²) < 4.78 is 38.5. The largest absolute Gasteiger partial charge is 0.480 e. The number of carbonyl (C=O) groups excluding carboxylic acids is 3. The number of nitrogens with one attached hydrogen (secondary N) is 5. The van der Waals surface area contributed by atoms with Crippen molar-refractivity contribution < 1.29 is 37.1 Å². The maximum Gasteiger partial charge on any atom is 0.329 e. The molecule has 1 aromatic heterocycles. The Balaban J connectivity index is 1.69. The Labute approximate surface area is 187 Å². The predicted molar refractivity (Wildman–Crippen MR) is 110 cm³/mol. The van der Waals surface area contributed by atoms with Crippen LogP contribution in [0.1, 0.15) is 12.1 Å². The summed E-state index contributed by atoms with van der Waals surface area (Å²) in [6, 6.07) is 1.37. The summed E-state index contributed by atoms with van der Waals surface area (Å²) >= 11 is 0. The van der Waals surface area contributed by atoms with Crippen LogP contribution in [0.5, 0.6) is 0 Å². The molecule has 0 radical (unpaired) electrons. The van der Waals surface area contributed by atoms with E-state index >= 15 is 0 Å². The molecule has 1 atom stereocenters. The first-order chi connectivity index (χ1) is 15.6. The molecule has 0 unspecified atom stereocenters. The molecule has 0 aliphatic rings. The quantitative estimate of drug-likeness (QED) is 0.230. The highest BCUT2D eigenvalue weighted by molar-refractivity contribution is 7.90. The van der Waals surface area contributed by atoms with Gasteiger partial charge < -0.3 is 26.0 Å². The first kappa shape index (κ1) is 25.3.